The van der Waals surface area contributed by atoms with Crippen molar-refractivity contribution < 1.29 is 9.18 Å². The lowest BCUT2D eigenvalue weighted by Gasteiger charge is -2.34. The molecule has 1 aliphatic heterocycles. The first-order valence-electron chi connectivity index (χ1n) is 6.18. The molecule has 2 atom stereocenters. The standard InChI is InChI=1S/C14H17ClFNO/c1-9-5-6-17(8-12(9)15)14(18)11-4-3-10(2)13(16)7-11/h3-4,7,9,12H,5-6,8H2,1-2H3. The molecular weight excluding hydrogens is 253 g/mol. The summed E-state index contributed by atoms with van der Waals surface area (Å²) in [6.07, 6.45) is 0.897. The van der Waals surface area contributed by atoms with Gasteiger partial charge in [0, 0.05) is 18.7 Å². The number of alkyl halides is 1. The quantitative estimate of drug-likeness (QED) is 0.717. The Morgan fingerprint density at radius 2 is 2.22 bits per heavy atom. The number of piperidine rings is 1. The normalized spacial score (nSPS) is 24.1. The first-order chi connectivity index (χ1) is 8.49. The van der Waals surface area contributed by atoms with Gasteiger partial charge in [-0.1, -0.05) is 13.0 Å². The van der Waals surface area contributed by atoms with Gasteiger partial charge in [-0.25, -0.2) is 4.39 Å². The van der Waals surface area contributed by atoms with Crippen molar-refractivity contribution in [1.82, 2.24) is 4.90 Å². The minimum atomic E-state index is -0.339. The molecule has 2 nitrogen and oxygen atoms in total. The van der Waals surface area contributed by atoms with E-state index in [1.807, 2.05) is 0 Å². The average molecular weight is 270 g/mol. The third-order valence-corrected chi connectivity index (χ3v) is 4.14. The van der Waals surface area contributed by atoms with Crippen LogP contribution in [0.2, 0.25) is 0 Å². The number of rotatable bonds is 1. The summed E-state index contributed by atoms with van der Waals surface area (Å²) in [5.41, 5.74) is 0.950. The van der Waals surface area contributed by atoms with Gasteiger partial charge >= 0.3 is 0 Å². The first-order valence-corrected chi connectivity index (χ1v) is 6.62. The number of nitrogens with zero attached hydrogens (tertiary/aromatic N) is 1. The van der Waals surface area contributed by atoms with Gasteiger partial charge in [-0.2, -0.15) is 0 Å². The third kappa shape index (κ3) is 2.66. The SMILES string of the molecule is Cc1ccc(C(=O)N2CCC(C)C(Cl)C2)cc1F. The van der Waals surface area contributed by atoms with Gasteiger partial charge in [0.15, 0.2) is 0 Å². The molecule has 0 saturated carbocycles. The molecular formula is C14H17ClFNO. The predicted molar refractivity (Wildman–Crippen MR) is 70.5 cm³/mol. The van der Waals surface area contributed by atoms with E-state index in [-0.39, 0.29) is 17.1 Å². The van der Waals surface area contributed by atoms with Gasteiger partial charge in [0.1, 0.15) is 5.82 Å². The number of benzene rings is 1. The lowest BCUT2D eigenvalue weighted by molar-refractivity contribution is 0.0701. The molecule has 2 unspecified atom stereocenters. The van der Waals surface area contributed by atoms with E-state index in [2.05, 4.69) is 6.92 Å². The van der Waals surface area contributed by atoms with Gasteiger partial charge in [0.2, 0.25) is 0 Å². The van der Waals surface area contributed by atoms with Gasteiger partial charge in [-0.05, 0) is 37.0 Å². The molecule has 2 rings (SSSR count). The monoisotopic (exact) mass is 269 g/mol. The fourth-order valence-corrected chi connectivity index (χ4v) is 2.41. The maximum absolute atomic E-state index is 13.4. The lowest BCUT2D eigenvalue weighted by Crippen LogP contribution is -2.43. The summed E-state index contributed by atoms with van der Waals surface area (Å²) in [5.74, 6) is -0.0504. The molecule has 1 aliphatic rings. The van der Waals surface area contributed by atoms with E-state index < -0.39 is 0 Å². The van der Waals surface area contributed by atoms with Crippen LogP contribution in [0, 0.1) is 18.7 Å². The third-order valence-electron chi connectivity index (χ3n) is 3.57. The number of hydrogen-bond acceptors (Lipinski definition) is 1. The van der Waals surface area contributed by atoms with Crippen LogP contribution in [-0.2, 0) is 0 Å². The largest absolute Gasteiger partial charge is 0.337 e. The fraction of sp³-hybridized carbons (Fsp3) is 0.500. The van der Waals surface area contributed by atoms with Gasteiger partial charge in [0.25, 0.3) is 5.91 Å². The maximum atomic E-state index is 13.4. The van der Waals surface area contributed by atoms with Crippen molar-refractivity contribution in [3.63, 3.8) is 0 Å². The number of hydrogen-bond donors (Lipinski definition) is 0. The van der Waals surface area contributed by atoms with Crippen molar-refractivity contribution in [2.24, 2.45) is 5.92 Å². The Labute approximate surface area is 112 Å². The molecule has 4 heteroatoms. The summed E-state index contributed by atoms with van der Waals surface area (Å²) in [7, 11) is 0. The van der Waals surface area contributed by atoms with Crippen molar-refractivity contribution in [2.75, 3.05) is 13.1 Å². The molecule has 1 amide bonds. The smallest absolute Gasteiger partial charge is 0.254 e. The minimum Gasteiger partial charge on any atom is -0.337 e. The van der Waals surface area contributed by atoms with Crippen LogP contribution in [0.4, 0.5) is 4.39 Å². The lowest BCUT2D eigenvalue weighted by atomic mass is 9.98. The summed E-state index contributed by atoms with van der Waals surface area (Å²) in [6, 6.07) is 4.61. The molecule has 1 aromatic rings. The number of likely N-dealkylation sites (tertiary alicyclic amines) is 1. The minimum absolute atomic E-state index is 0.0157. The molecule has 1 saturated heterocycles. The van der Waals surface area contributed by atoms with Gasteiger partial charge in [-0.3, -0.25) is 4.79 Å². The Balaban J connectivity index is 2.14. The highest BCUT2D eigenvalue weighted by atomic mass is 35.5. The summed E-state index contributed by atoms with van der Waals surface area (Å²) in [5, 5.41) is -0.0157. The van der Waals surface area contributed by atoms with Crippen LogP contribution in [0.25, 0.3) is 0 Å². The van der Waals surface area contributed by atoms with Gasteiger partial charge in [0.05, 0.1) is 5.38 Å². The van der Waals surface area contributed by atoms with Crippen molar-refractivity contribution in [3.8, 4) is 0 Å². The second-order valence-corrected chi connectivity index (χ2v) is 5.56. The van der Waals surface area contributed by atoms with E-state index in [1.165, 1.54) is 6.07 Å². The van der Waals surface area contributed by atoms with E-state index in [4.69, 9.17) is 11.6 Å². The number of amides is 1. The Morgan fingerprint density at radius 3 is 2.83 bits per heavy atom. The number of aryl methyl sites for hydroxylation is 1. The molecule has 0 aliphatic carbocycles. The molecule has 0 aromatic heterocycles. The van der Waals surface area contributed by atoms with Crippen molar-refractivity contribution in [3.05, 3.63) is 35.1 Å². The van der Waals surface area contributed by atoms with E-state index in [0.29, 0.717) is 30.1 Å². The highest BCUT2D eigenvalue weighted by molar-refractivity contribution is 6.21. The molecule has 0 bridgehead atoms. The zero-order valence-corrected chi connectivity index (χ0v) is 11.4. The number of carbonyl (C=O) groups is 1. The van der Waals surface area contributed by atoms with E-state index in [0.717, 1.165) is 6.42 Å². The zero-order valence-electron chi connectivity index (χ0n) is 10.6. The molecule has 18 heavy (non-hydrogen) atoms. The summed E-state index contributed by atoms with van der Waals surface area (Å²) in [6.45, 7) is 5.00. The summed E-state index contributed by atoms with van der Waals surface area (Å²) < 4.78 is 13.4. The Hall–Kier alpha value is -1.09. The Bertz CT molecular complexity index is 463. The van der Waals surface area contributed by atoms with Crippen LogP contribution < -0.4 is 0 Å². The molecule has 0 radical (unpaired) electrons. The zero-order chi connectivity index (χ0) is 13.3. The molecule has 0 spiro atoms. The summed E-state index contributed by atoms with van der Waals surface area (Å²) >= 11 is 6.18. The van der Waals surface area contributed by atoms with E-state index in [1.54, 1.807) is 24.0 Å². The Morgan fingerprint density at radius 1 is 1.50 bits per heavy atom. The van der Waals surface area contributed by atoms with E-state index >= 15 is 0 Å². The maximum Gasteiger partial charge on any atom is 0.254 e. The average Bonchev–Trinajstić information content (AvgIpc) is 2.35. The van der Waals surface area contributed by atoms with Gasteiger partial charge < -0.3 is 4.90 Å². The predicted octanol–water partition coefficient (Wildman–Crippen LogP) is 3.22. The second kappa shape index (κ2) is 5.27. The molecule has 0 N–H and O–H groups in total. The van der Waals surface area contributed by atoms with Gasteiger partial charge in [-0.15, -0.1) is 11.6 Å². The molecule has 1 heterocycles. The van der Waals surface area contributed by atoms with Crippen molar-refractivity contribution in [1.29, 1.82) is 0 Å². The van der Waals surface area contributed by atoms with Crippen molar-refractivity contribution >= 4 is 17.5 Å². The second-order valence-electron chi connectivity index (χ2n) is 5.00. The van der Waals surface area contributed by atoms with Crippen LogP contribution in [-0.4, -0.2) is 29.3 Å². The molecule has 1 aromatic carbocycles. The highest BCUT2D eigenvalue weighted by Crippen LogP contribution is 2.23. The summed E-state index contributed by atoms with van der Waals surface area (Å²) in [4.78, 5) is 13.9. The molecule has 98 valence electrons. The highest BCUT2D eigenvalue weighted by Gasteiger charge is 2.28. The van der Waals surface area contributed by atoms with Crippen LogP contribution in [0.3, 0.4) is 0 Å². The van der Waals surface area contributed by atoms with Crippen LogP contribution in [0.1, 0.15) is 29.3 Å². The van der Waals surface area contributed by atoms with Crippen LogP contribution in [0.5, 0.6) is 0 Å². The van der Waals surface area contributed by atoms with Crippen LogP contribution >= 0.6 is 11.6 Å². The van der Waals surface area contributed by atoms with Crippen LogP contribution in [0.15, 0.2) is 18.2 Å². The topological polar surface area (TPSA) is 20.3 Å². The number of carbonyl (C=O) groups excluding carboxylic acids is 1. The van der Waals surface area contributed by atoms with Crippen molar-refractivity contribution in [2.45, 2.75) is 25.6 Å². The number of halogens is 2. The first kappa shape index (κ1) is 13.3. The Kier molecular flexibility index (Phi) is 3.91. The molecule has 1 fully saturated rings. The van der Waals surface area contributed by atoms with E-state index in [9.17, 15) is 9.18 Å². The fourth-order valence-electron chi connectivity index (χ4n) is 2.12.